The molecule has 2 heterocycles. The number of carbonyl (C=O) groups is 1. The fraction of sp³-hybridized carbons (Fsp3) is 0.308. The Bertz CT molecular complexity index is 681. The molecule has 2 aromatic heterocycles. The van der Waals surface area contributed by atoms with Crippen LogP contribution >= 0.6 is 23.1 Å². The molecule has 0 aliphatic rings. The molecule has 0 aliphatic carbocycles. The van der Waals surface area contributed by atoms with Crippen molar-refractivity contribution in [2.24, 2.45) is 0 Å². The maximum absolute atomic E-state index is 12.0. The van der Waals surface area contributed by atoms with Crippen LogP contribution in [-0.4, -0.2) is 29.2 Å². The van der Waals surface area contributed by atoms with E-state index in [1.807, 2.05) is 11.6 Å². The minimum atomic E-state index is -0.353. The first-order valence-electron chi connectivity index (χ1n) is 6.11. The number of H-pyrrole nitrogens is 1. The number of methoxy groups -OCH3 is 1. The van der Waals surface area contributed by atoms with Crippen molar-refractivity contribution in [3.8, 4) is 5.75 Å². The van der Waals surface area contributed by atoms with Gasteiger partial charge >= 0.3 is 0 Å². The van der Waals surface area contributed by atoms with Gasteiger partial charge in [-0.25, -0.2) is 4.98 Å². The van der Waals surface area contributed by atoms with Crippen LogP contribution in [-0.2, 0) is 12.3 Å². The molecule has 0 saturated carbocycles. The Balaban J connectivity index is 1.97. The van der Waals surface area contributed by atoms with Crippen molar-refractivity contribution in [2.45, 2.75) is 12.3 Å². The quantitative estimate of drug-likeness (QED) is 0.843. The lowest BCUT2D eigenvalue weighted by atomic mass is 10.3. The zero-order chi connectivity index (χ0) is 15.2. The van der Waals surface area contributed by atoms with Crippen LogP contribution in [0.5, 0.6) is 5.75 Å². The van der Waals surface area contributed by atoms with Gasteiger partial charge in [0.25, 0.3) is 5.91 Å². The lowest BCUT2D eigenvalue weighted by Crippen LogP contribution is -2.25. The molecule has 8 heteroatoms. The molecule has 0 aromatic carbocycles. The largest absolute Gasteiger partial charge is 0.491 e. The summed E-state index contributed by atoms with van der Waals surface area (Å²) in [4.78, 5) is 30.7. The highest BCUT2D eigenvalue weighted by Gasteiger charge is 2.10. The smallest absolute Gasteiger partial charge is 0.268 e. The van der Waals surface area contributed by atoms with Crippen LogP contribution in [0.4, 0.5) is 0 Å². The van der Waals surface area contributed by atoms with E-state index >= 15 is 0 Å². The number of hydrogen-bond donors (Lipinski definition) is 2. The number of ether oxygens (including phenoxy) is 1. The molecule has 0 unspecified atom stereocenters. The standard InChI is InChI=1S/C13H15N3O3S2/c1-19-11-5-14-9(3-10(11)17)13(18)15-4-8-6-21-12(16-8)7-20-2/h3,5-6H,4,7H2,1-2H3,(H,14,17)(H,15,18). The lowest BCUT2D eigenvalue weighted by molar-refractivity contribution is 0.0945. The lowest BCUT2D eigenvalue weighted by Gasteiger charge is -2.04. The van der Waals surface area contributed by atoms with E-state index in [0.29, 0.717) is 6.54 Å². The van der Waals surface area contributed by atoms with Gasteiger partial charge in [0.05, 0.1) is 19.3 Å². The number of carbonyl (C=O) groups excluding carboxylic acids is 1. The van der Waals surface area contributed by atoms with Gasteiger partial charge in [0.1, 0.15) is 10.7 Å². The van der Waals surface area contributed by atoms with Crippen molar-refractivity contribution in [2.75, 3.05) is 13.4 Å². The Labute approximate surface area is 130 Å². The molecule has 2 aromatic rings. The number of nitrogens with zero attached hydrogens (tertiary/aromatic N) is 1. The number of pyridine rings is 1. The third-order valence-electron chi connectivity index (χ3n) is 2.64. The number of amides is 1. The summed E-state index contributed by atoms with van der Waals surface area (Å²) in [6.45, 7) is 0.331. The van der Waals surface area contributed by atoms with Gasteiger partial charge in [-0.05, 0) is 6.26 Å². The number of hydrogen-bond acceptors (Lipinski definition) is 6. The first-order chi connectivity index (χ1) is 10.1. The van der Waals surface area contributed by atoms with Crippen LogP contribution in [0.1, 0.15) is 21.2 Å². The van der Waals surface area contributed by atoms with E-state index in [9.17, 15) is 9.59 Å². The molecule has 112 valence electrons. The van der Waals surface area contributed by atoms with Crippen molar-refractivity contribution < 1.29 is 9.53 Å². The number of thiazole rings is 1. The highest BCUT2D eigenvalue weighted by atomic mass is 32.2. The van der Waals surface area contributed by atoms with Crippen LogP contribution < -0.4 is 15.5 Å². The molecule has 0 atom stereocenters. The summed E-state index contributed by atoms with van der Waals surface area (Å²) in [5.41, 5.74) is 0.672. The summed E-state index contributed by atoms with van der Waals surface area (Å²) >= 11 is 3.27. The Morgan fingerprint density at radius 2 is 2.38 bits per heavy atom. The van der Waals surface area contributed by atoms with E-state index in [2.05, 4.69) is 15.3 Å². The molecule has 0 bridgehead atoms. The highest BCUT2D eigenvalue weighted by Crippen LogP contribution is 2.14. The monoisotopic (exact) mass is 325 g/mol. The van der Waals surface area contributed by atoms with Crippen molar-refractivity contribution in [1.29, 1.82) is 0 Å². The van der Waals surface area contributed by atoms with E-state index in [4.69, 9.17) is 4.74 Å². The fourth-order valence-corrected chi connectivity index (χ4v) is 3.15. The normalized spacial score (nSPS) is 10.4. The number of rotatable bonds is 6. The highest BCUT2D eigenvalue weighted by molar-refractivity contribution is 7.97. The molecule has 0 spiro atoms. The molecule has 6 nitrogen and oxygen atoms in total. The van der Waals surface area contributed by atoms with E-state index < -0.39 is 0 Å². The van der Waals surface area contributed by atoms with Gasteiger partial charge < -0.3 is 15.0 Å². The first-order valence-corrected chi connectivity index (χ1v) is 8.38. The third kappa shape index (κ3) is 4.08. The van der Waals surface area contributed by atoms with Crippen LogP contribution in [0.15, 0.2) is 22.4 Å². The fourth-order valence-electron chi connectivity index (χ4n) is 1.63. The maximum atomic E-state index is 12.0. The van der Waals surface area contributed by atoms with Crippen LogP contribution in [0.2, 0.25) is 0 Å². The van der Waals surface area contributed by atoms with Crippen molar-refractivity contribution >= 4 is 29.0 Å². The zero-order valence-electron chi connectivity index (χ0n) is 11.6. The minimum absolute atomic E-state index is 0.174. The summed E-state index contributed by atoms with van der Waals surface area (Å²) < 4.78 is 4.85. The second-order valence-corrected chi connectivity index (χ2v) is 5.94. The van der Waals surface area contributed by atoms with Crippen molar-refractivity contribution in [1.82, 2.24) is 15.3 Å². The van der Waals surface area contributed by atoms with E-state index in [0.717, 1.165) is 16.5 Å². The molecule has 0 saturated heterocycles. The topological polar surface area (TPSA) is 84.1 Å². The van der Waals surface area contributed by atoms with Crippen molar-refractivity contribution in [3.63, 3.8) is 0 Å². The predicted octanol–water partition coefficient (Wildman–Crippen LogP) is 1.63. The summed E-state index contributed by atoms with van der Waals surface area (Å²) in [5.74, 6) is 0.687. The number of aromatic amines is 1. The molecule has 0 fully saturated rings. The van der Waals surface area contributed by atoms with Gasteiger partial charge in [0, 0.05) is 23.4 Å². The van der Waals surface area contributed by atoms with Gasteiger partial charge in [-0.2, -0.15) is 11.8 Å². The van der Waals surface area contributed by atoms with Crippen LogP contribution in [0.25, 0.3) is 0 Å². The zero-order valence-corrected chi connectivity index (χ0v) is 13.3. The Morgan fingerprint density at radius 1 is 1.57 bits per heavy atom. The third-order valence-corrected chi connectivity index (χ3v) is 4.28. The van der Waals surface area contributed by atoms with Gasteiger partial charge in [-0.15, -0.1) is 11.3 Å². The molecule has 1 amide bonds. The molecule has 0 radical (unpaired) electrons. The van der Waals surface area contributed by atoms with E-state index in [1.165, 1.54) is 19.4 Å². The van der Waals surface area contributed by atoms with E-state index in [-0.39, 0.29) is 22.8 Å². The Hall–Kier alpha value is -1.80. The molecule has 2 rings (SSSR count). The average Bonchev–Trinajstić information content (AvgIpc) is 2.93. The maximum Gasteiger partial charge on any atom is 0.268 e. The van der Waals surface area contributed by atoms with Gasteiger partial charge in [-0.3, -0.25) is 9.59 Å². The summed E-state index contributed by atoms with van der Waals surface area (Å²) in [7, 11) is 1.40. The molecule has 21 heavy (non-hydrogen) atoms. The van der Waals surface area contributed by atoms with E-state index in [1.54, 1.807) is 23.1 Å². The summed E-state index contributed by atoms with van der Waals surface area (Å²) in [6.07, 6.45) is 3.39. The summed E-state index contributed by atoms with van der Waals surface area (Å²) in [5, 5.41) is 5.67. The average molecular weight is 325 g/mol. The van der Waals surface area contributed by atoms with Gasteiger partial charge in [0.15, 0.2) is 5.75 Å². The molecule has 0 aliphatic heterocycles. The van der Waals surface area contributed by atoms with Crippen LogP contribution in [0, 0.1) is 0 Å². The predicted molar refractivity (Wildman–Crippen MR) is 84.1 cm³/mol. The van der Waals surface area contributed by atoms with Crippen LogP contribution in [0.3, 0.4) is 0 Å². The first kappa shape index (κ1) is 15.6. The Morgan fingerprint density at radius 3 is 3.05 bits per heavy atom. The number of nitrogens with one attached hydrogen (secondary N) is 2. The molecular formula is C13H15N3O3S2. The summed E-state index contributed by atoms with van der Waals surface area (Å²) in [6, 6.07) is 1.22. The number of aromatic nitrogens is 2. The minimum Gasteiger partial charge on any atom is -0.491 e. The molecular weight excluding hydrogens is 310 g/mol. The number of thioether (sulfide) groups is 1. The SMILES string of the molecule is COc1c[nH]c(C(=O)NCc2csc(CSC)n2)cc1=O. The Kier molecular flexibility index (Phi) is 5.40. The van der Waals surface area contributed by atoms with Gasteiger partial charge in [0.2, 0.25) is 5.43 Å². The second kappa shape index (κ2) is 7.28. The van der Waals surface area contributed by atoms with Crippen molar-refractivity contribution in [3.05, 3.63) is 44.3 Å². The molecule has 2 N–H and O–H groups in total. The van der Waals surface area contributed by atoms with Gasteiger partial charge in [-0.1, -0.05) is 0 Å². The second-order valence-electron chi connectivity index (χ2n) is 4.13.